The molecule has 2 aromatic rings. The Kier molecular flexibility index (Phi) is 5.05. The smallest absolute Gasteiger partial charge is 0.270 e. The number of nitrogens with one attached hydrogen (secondary N) is 2. The van der Waals surface area contributed by atoms with Crippen molar-refractivity contribution in [3.8, 4) is 5.75 Å². The van der Waals surface area contributed by atoms with Crippen LogP contribution in [0.4, 0.5) is 5.82 Å². The molecule has 1 aromatic heterocycles. The maximum atomic E-state index is 12.9. The van der Waals surface area contributed by atoms with Crippen molar-refractivity contribution < 1.29 is 9.53 Å². The van der Waals surface area contributed by atoms with Crippen LogP contribution in [0, 0.1) is 0 Å². The molecule has 6 nitrogen and oxygen atoms in total. The molecule has 1 unspecified atom stereocenters. The summed E-state index contributed by atoms with van der Waals surface area (Å²) >= 11 is 0. The monoisotopic (exact) mass is 369 g/mol. The first-order valence-electron chi connectivity index (χ1n) is 9.96. The normalized spacial score (nSPS) is 21.1. The second-order valence-corrected chi connectivity index (χ2v) is 7.62. The minimum atomic E-state index is -0.288. The quantitative estimate of drug-likeness (QED) is 0.860. The van der Waals surface area contributed by atoms with Gasteiger partial charge in [0, 0.05) is 17.9 Å². The summed E-state index contributed by atoms with van der Waals surface area (Å²) in [6.45, 7) is 0. The fraction of sp³-hybridized carbons (Fsp3) is 0.524. The van der Waals surface area contributed by atoms with Crippen LogP contribution in [0.2, 0.25) is 0 Å². The number of carbonyl (C=O) groups is 1. The lowest BCUT2D eigenvalue weighted by Crippen LogP contribution is -2.27. The van der Waals surface area contributed by atoms with Crippen molar-refractivity contribution in [2.45, 2.75) is 63.3 Å². The molecule has 2 heterocycles. The second kappa shape index (κ2) is 7.62. The average molecular weight is 369 g/mol. The Labute approximate surface area is 158 Å². The van der Waals surface area contributed by atoms with Crippen molar-refractivity contribution in [2.24, 2.45) is 0 Å². The molecule has 1 atom stereocenters. The minimum absolute atomic E-state index is 0.0583. The van der Waals surface area contributed by atoms with Crippen molar-refractivity contribution in [1.29, 1.82) is 0 Å². The van der Waals surface area contributed by atoms with Crippen LogP contribution in [0.1, 0.15) is 74.5 Å². The Bertz CT molecular complexity index is 875. The molecule has 0 saturated heterocycles. The highest BCUT2D eigenvalue weighted by molar-refractivity contribution is 5.94. The zero-order valence-electron chi connectivity index (χ0n) is 15.8. The fourth-order valence-electron chi connectivity index (χ4n) is 4.57. The third kappa shape index (κ3) is 3.40. The van der Waals surface area contributed by atoms with Crippen LogP contribution in [0.3, 0.4) is 0 Å². The fourth-order valence-corrected chi connectivity index (χ4v) is 4.57. The molecule has 0 radical (unpaired) electrons. The number of ether oxygens (including phenoxy) is 1. The summed E-state index contributed by atoms with van der Waals surface area (Å²) in [5.41, 5.74) is 1.43. The van der Waals surface area contributed by atoms with Gasteiger partial charge in [0.2, 0.25) is 5.91 Å². The topological polar surface area (TPSA) is 76.1 Å². The number of hydrogen-bond acceptors (Lipinski definition) is 3. The molecule has 0 spiro atoms. The van der Waals surface area contributed by atoms with Gasteiger partial charge in [-0.1, -0.05) is 50.3 Å². The van der Waals surface area contributed by atoms with Gasteiger partial charge in [-0.15, -0.1) is 0 Å². The van der Waals surface area contributed by atoms with Gasteiger partial charge in [0.15, 0.2) is 0 Å². The van der Waals surface area contributed by atoms with E-state index in [4.69, 9.17) is 4.74 Å². The number of benzene rings is 1. The van der Waals surface area contributed by atoms with Crippen LogP contribution in [0.5, 0.6) is 5.75 Å². The molecular formula is C21H27N3O3. The summed E-state index contributed by atoms with van der Waals surface area (Å²) in [5.74, 6) is 1.01. The Morgan fingerprint density at radius 1 is 1.04 bits per heavy atom. The van der Waals surface area contributed by atoms with E-state index in [2.05, 4.69) is 10.4 Å². The Hall–Kier alpha value is -2.50. The predicted molar refractivity (Wildman–Crippen MR) is 104 cm³/mol. The van der Waals surface area contributed by atoms with E-state index in [-0.39, 0.29) is 29.8 Å². The molecule has 144 valence electrons. The number of nitrogens with zero attached hydrogens (tertiary/aromatic N) is 1. The van der Waals surface area contributed by atoms with Crippen molar-refractivity contribution in [3.63, 3.8) is 0 Å². The summed E-state index contributed by atoms with van der Waals surface area (Å²) < 4.78 is 7.42. The molecule has 27 heavy (non-hydrogen) atoms. The van der Waals surface area contributed by atoms with Crippen molar-refractivity contribution in [3.05, 3.63) is 45.7 Å². The number of aromatic nitrogens is 2. The minimum Gasteiger partial charge on any atom is -0.496 e. The molecule has 1 aromatic carbocycles. The molecule has 1 amide bonds. The van der Waals surface area contributed by atoms with Crippen LogP contribution in [0.25, 0.3) is 0 Å². The van der Waals surface area contributed by atoms with Gasteiger partial charge in [0.1, 0.15) is 11.6 Å². The highest BCUT2D eigenvalue weighted by Gasteiger charge is 2.35. The Morgan fingerprint density at radius 3 is 2.48 bits per heavy atom. The highest BCUT2D eigenvalue weighted by Crippen LogP contribution is 2.40. The van der Waals surface area contributed by atoms with E-state index in [1.165, 1.54) is 19.3 Å². The van der Waals surface area contributed by atoms with E-state index in [9.17, 15) is 9.59 Å². The predicted octanol–water partition coefficient (Wildman–Crippen LogP) is 3.94. The molecule has 0 bridgehead atoms. The van der Waals surface area contributed by atoms with Gasteiger partial charge < -0.3 is 10.1 Å². The van der Waals surface area contributed by atoms with Gasteiger partial charge in [0.25, 0.3) is 5.56 Å². The number of para-hydroxylation sites is 1. The van der Waals surface area contributed by atoms with Crippen molar-refractivity contribution in [1.82, 2.24) is 9.78 Å². The van der Waals surface area contributed by atoms with E-state index >= 15 is 0 Å². The summed E-state index contributed by atoms with van der Waals surface area (Å²) in [7, 11) is 1.62. The van der Waals surface area contributed by atoms with E-state index in [1.807, 2.05) is 28.9 Å². The number of rotatable bonds is 3. The molecule has 2 aliphatic rings. The summed E-state index contributed by atoms with van der Waals surface area (Å²) in [5, 5.41) is 6.01. The highest BCUT2D eigenvalue weighted by atomic mass is 16.5. The summed E-state index contributed by atoms with van der Waals surface area (Å²) in [6, 6.07) is 7.87. The molecule has 4 rings (SSSR count). The lowest BCUT2D eigenvalue weighted by Gasteiger charge is -2.27. The number of amides is 1. The van der Waals surface area contributed by atoms with Crippen molar-refractivity contribution in [2.75, 3.05) is 12.4 Å². The molecule has 1 fully saturated rings. The molecule has 1 aliphatic heterocycles. The Morgan fingerprint density at radius 2 is 1.74 bits per heavy atom. The number of methoxy groups -OCH3 is 1. The van der Waals surface area contributed by atoms with E-state index in [0.717, 1.165) is 31.2 Å². The first-order valence-corrected chi connectivity index (χ1v) is 9.96. The van der Waals surface area contributed by atoms with Crippen LogP contribution in [0.15, 0.2) is 29.1 Å². The number of fused-ring (bicyclic) bond motifs is 1. The van der Waals surface area contributed by atoms with E-state index in [1.54, 1.807) is 7.11 Å². The Balaban J connectivity index is 1.78. The van der Waals surface area contributed by atoms with Gasteiger partial charge in [0.05, 0.1) is 18.7 Å². The van der Waals surface area contributed by atoms with Gasteiger partial charge in [-0.05, 0) is 18.9 Å². The maximum absolute atomic E-state index is 12.9. The van der Waals surface area contributed by atoms with Gasteiger partial charge in [-0.25, -0.2) is 0 Å². The third-order valence-electron chi connectivity index (χ3n) is 5.91. The zero-order chi connectivity index (χ0) is 18.8. The van der Waals surface area contributed by atoms with Crippen LogP contribution in [-0.4, -0.2) is 22.8 Å². The number of H-pyrrole nitrogens is 1. The number of hydrogen-bond donors (Lipinski definition) is 2. The SMILES string of the molecule is COc1ccccc1C1CC(=O)Nc2c1c(=O)[nH]n2C1CCCCCCC1. The van der Waals surface area contributed by atoms with Gasteiger partial charge in [-0.2, -0.15) is 0 Å². The molecule has 2 N–H and O–H groups in total. The molecule has 6 heteroatoms. The number of anilines is 1. The number of aromatic amines is 1. The van der Waals surface area contributed by atoms with Gasteiger partial charge in [-0.3, -0.25) is 19.4 Å². The maximum Gasteiger partial charge on any atom is 0.270 e. The lowest BCUT2D eigenvalue weighted by atomic mass is 9.86. The lowest BCUT2D eigenvalue weighted by molar-refractivity contribution is -0.116. The van der Waals surface area contributed by atoms with E-state index in [0.29, 0.717) is 17.1 Å². The molecule has 1 aliphatic carbocycles. The number of carbonyl (C=O) groups excluding carboxylic acids is 1. The van der Waals surface area contributed by atoms with E-state index < -0.39 is 0 Å². The van der Waals surface area contributed by atoms with Crippen LogP contribution in [-0.2, 0) is 4.79 Å². The molecule has 1 saturated carbocycles. The zero-order valence-corrected chi connectivity index (χ0v) is 15.8. The first-order chi connectivity index (χ1) is 13.2. The summed E-state index contributed by atoms with van der Waals surface area (Å²) in [6.07, 6.45) is 8.40. The summed E-state index contributed by atoms with van der Waals surface area (Å²) in [4.78, 5) is 25.4. The first kappa shape index (κ1) is 17.9. The van der Waals surface area contributed by atoms with Gasteiger partial charge >= 0.3 is 0 Å². The van der Waals surface area contributed by atoms with Crippen LogP contribution < -0.4 is 15.6 Å². The largest absolute Gasteiger partial charge is 0.496 e. The second-order valence-electron chi connectivity index (χ2n) is 7.62. The van der Waals surface area contributed by atoms with Crippen LogP contribution >= 0.6 is 0 Å². The van der Waals surface area contributed by atoms with Crippen molar-refractivity contribution >= 4 is 11.7 Å². The average Bonchev–Trinajstić information content (AvgIpc) is 2.97. The third-order valence-corrected chi connectivity index (χ3v) is 5.91. The standard InChI is InChI=1S/C21H27N3O3/c1-27-17-12-8-7-11-15(17)16-13-18(25)22-20-19(16)21(26)23-24(20)14-9-5-3-2-4-6-10-14/h7-8,11-12,14,16H,2-6,9-10,13H2,1H3,(H,22,25)(H,23,26). The molecular weight excluding hydrogens is 342 g/mol.